The summed E-state index contributed by atoms with van der Waals surface area (Å²) in [4.78, 5) is 19.5. The highest BCUT2D eigenvalue weighted by Gasteiger charge is 2.33. The maximum absolute atomic E-state index is 12.6. The third-order valence-corrected chi connectivity index (χ3v) is 4.00. The predicted octanol–water partition coefficient (Wildman–Crippen LogP) is 3.17. The van der Waals surface area contributed by atoms with E-state index in [9.17, 15) is 18.0 Å². The number of rotatable bonds is 8. The molecule has 1 amide bonds. The van der Waals surface area contributed by atoms with Crippen LogP contribution in [-0.4, -0.2) is 48.8 Å². The molecule has 0 atom stereocenters. The first-order chi connectivity index (χ1) is 13.0. The molecule has 0 fully saturated rings. The topological polar surface area (TPSA) is 87.6 Å². The largest absolute Gasteiger partial charge is 0.444 e. The van der Waals surface area contributed by atoms with Crippen molar-refractivity contribution in [1.29, 1.82) is 0 Å². The summed E-state index contributed by atoms with van der Waals surface area (Å²) in [5, 5.41) is 10.2. The molecule has 1 rings (SSSR count). The molecule has 7 nitrogen and oxygen atoms in total. The first kappa shape index (κ1) is 24.0. The van der Waals surface area contributed by atoms with Gasteiger partial charge in [0.15, 0.2) is 11.7 Å². The highest BCUT2D eigenvalue weighted by atomic mass is 32.1. The van der Waals surface area contributed by atoms with Crippen molar-refractivity contribution < 1.29 is 22.7 Å². The van der Waals surface area contributed by atoms with Gasteiger partial charge in [-0.25, -0.2) is 9.78 Å². The smallest absolute Gasteiger partial charge is 0.434 e. The van der Waals surface area contributed by atoms with Crippen molar-refractivity contribution in [3.63, 3.8) is 0 Å². The average molecular weight is 424 g/mol. The molecule has 0 aliphatic heterocycles. The number of alkyl carbamates (subject to hydrolysis) is 1. The highest BCUT2D eigenvalue weighted by Crippen LogP contribution is 2.29. The van der Waals surface area contributed by atoms with Gasteiger partial charge in [0.2, 0.25) is 0 Å². The first-order valence-electron chi connectivity index (χ1n) is 9.02. The van der Waals surface area contributed by atoms with E-state index in [0.29, 0.717) is 50.0 Å². The van der Waals surface area contributed by atoms with Crippen LogP contribution in [0.2, 0.25) is 0 Å². The average Bonchev–Trinajstić information content (AvgIpc) is 3.02. The van der Waals surface area contributed by atoms with Crippen molar-refractivity contribution in [2.24, 2.45) is 4.99 Å². The molecule has 11 heteroatoms. The van der Waals surface area contributed by atoms with Gasteiger partial charge in [-0.15, -0.1) is 11.3 Å². The van der Waals surface area contributed by atoms with Gasteiger partial charge in [-0.1, -0.05) is 0 Å². The van der Waals surface area contributed by atoms with E-state index in [0.717, 1.165) is 16.7 Å². The number of carbonyl (C=O) groups excluding carboxylic acids is 1. The number of alkyl halides is 3. The molecule has 0 aromatic carbocycles. The van der Waals surface area contributed by atoms with Crippen molar-refractivity contribution in [2.75, 3.05) is 26.2 Å². The van der Waals surface area contributed by atoms with E-state index in [1.807, 2.05) is 6.92 Å². The third-order valence-electron chi connectivity index (χ3n) is 3.09. The number of ether oxygens (including phenoxy) is 1. The fourth-order valence-corrected chi connectivity index (χ4v) is 2.77. The van der Waals surface area contributed by atoms with E-state index in [2.05, 4.69) is 25.9 Å². The van der Waals surface area contributed by atoms with Crippen molar-refractivity contribution in [3.8, 4) is 0 Å². The van der Waals surface area contributed by atoms with E-state index in [-0.39, 0.29) is 0 Å². The standard InChI is InChI=1S/C17H28F3N5O2S/c1-5-21-14(22-8-6-9-24-15(26)27-16(2,3)4)23-10-7-13-25-12(11-28-13)17(18,19)20/h11H,5-10H2,1-4H3,(H,24,26)(H2,21,22,23). The summed E-state index contributed by atoms with van der Waals surface area (Å²) in [5.74, 6) is 0.562. The molecule has 0 aliphatic rings. The van der Waals surface area contributed by atoms with Crippen LogP contribution in [0.1, 0.15) is 44.8 Å². The van der Waals surface area contributed by atoms with E-state index in [1.165, 1.54) is 0 Å². The van der Waals surface area contributed by atoms with E-state index in [1.54, 1.807) is 20.8 Å². The molecule has 160 valence electrons. The molecule has 0 saturated heterocycles. The molecule has 0 aliphatic carbocycles. The van der Waals surface area contributed by atoms with Gasteiger partial charge < -0.3 is 20.7 Å². The van der Waals surface area contributed by atoms with Gasteiger partial charge in [-0.05, 0) is 34.1 Å². The van der Waals surface area contributed by atoms with Gasteiger partial charge in [-0.3, -0.25) is 4.99 Å². The number of aromatic nitrogens is 1. The van der Waals surface area contributed by atoms with Crippen LogP contribution in [0.3, 0.4) is 0 Å². The van der Waals surface area contributed by atoms with Gasteiger partial charge in [0, 0.05) is 38.0 Å². The van der Waals surface area contributed by atoms with E-state index >= 15 is 0 Å². The molecule has 0 bridgehead atoms. The van der Waals surface area contributed by atoms with Crippen LogP contribution < -0.4 is 16.0 Å². The van der Waals surface area contributed by atoms with Gasteiger partial charge in [0.25, 0.3) is 0 Å². The number of hydrogen-bond donors (Lipinski definition) is 3. The van der Waals surface area contributed by atoms with Crippen molar-refractivity contribution in [3.05, 3.63) is 16.1 Å². The Bertz CT molecular complexity index is 641. The van der Waals surface area contributed by atoms with Gasteiger partial charge in [0.1, 0.15) is 5.60 Å². The lowest BCUT2D eigenvalue weighted by Gasteiger charge is -2.19. The number of halogens is 3. The van der Waals surface area contributed by atoms with Crippen LogP contribution in [0, 0.1) is 0 Å². The normalized spacial score (nSPS) is 12.6. The maximum Gasteiger partial charge on any atom is 0.434 e. The Labute approximate surface area is 167 Å². The number of nitrogens with one attached hydrogen (secondary N) is 3. The molecule has 0 radical (unpaired) electrons. The van der Waals surface area contributed by atoms with Crippen molar-refractivity contribution in [1.82, 2.24) is 20.9 Å². The van der Waals surface area contributed by atoms with Crippen LogP contribution >= 0.6 is 11.3 Å². The lowest BCUT2D eigenvalue weighted by atomic mass is 10.2. The number of guanidine groups is 1. The first-order valence-corrected chi connectivity index (χ1v) is 9.90. The predicted molar refractivity (Wildman–Crippen MR) is 104 cm³/mol. The zero-order chi connectivity index (χ0) is 21.2. The Morgan fingerprint density at radius 3 is 2.50 bits per heavy atom. The van der Waals surface area contributed by atoms with Crippen molar-refractivity contribution >= 4 is 23.4 Å². The van der Waals surface area contributed by atoms with Crippen LogP contribution in [0.4, 0.5) is 18.0 Å². The number of nitrogens with zero attached hydrogens (tertiary/aromatic N) is 2. The van der Waals surface area contributed by atoms with Gasteiger partial charge in [0.05, 0.1) is 5.01 Å². The summed E-state index contributed by atoms with van der Waals surface area (Å²) < 4.78 is 42.8. The molecule has 0 saturated carbocycles. The van der Waals surface area contributed by atoms with Gasteiger partial charge in [-0.2, -0.15) is 13.2 Å². The molecular formula is C17H28F3N5O2S. The van der Waals surface area contributed by atoms with Crippen LogP contribution in [-0.2, 0) is 17.3 Å². The molecular weight excluding hydrogens is 395 g/mol. The van der Waals surface area contributed by atoms with Crippen molar-refractivity contribution in [2.45, 2.75) is 52.3 Å². The molecule has 1 aromatic rings. The quantitative estimate of drug-likeness (QED) is 0.340. The summed E-state index contributed by atoms with van der Waals surface area (Å²) in [7, 11) is 0. The summed E-state index contributed by atoms with van der Waals surface area (Å²) in [5.41, 5.74) is -1.39. The lowest BCUT2D eigenvalue weighted by molar-refractivity contribution is -0.140. The monoisotopic (exact) mass is 423 g/mol. The summed E-state index contributed by atoms with van der Waals surface area (Å²) >= 11 is 0.989. The summed E-state index contributed by atoms with van der Waals surface area (Å²) in [6, 6.07) is 0. The van der Waals surface area contributed by atoms with Crippen LogP contribution in [0.15, 0.2) is 10.4 Å². The summed E-state index contributed by atoms with van der Waals surface area (Å²) in [6.07, 6.45) is -3.89. The second-order valence-corrected chi connectivity index (χ2v) is 7.79. The highest BCUT2D eigenvalue weighted by molar-refractivity contribution is 7.09. The number of hydrogen-bond acceptors (Lipinski definition) is 5. The summed E-state index contributed by atoms with van der Waals surface area (Å²) in [6.45, 7) is 9.25. The Morgan fingerprint density at radius 2 is 1.93 bits per heavy atom. The SMILES string of the molecule is CCNC(=NCCCNC(=O)OC(C)(C)C)NCCc1nc(C(F)(F)F)cs1. The molecule has 0 spiro atoms. The number of carbonyl (C=O) groups is 1. The fraction of sp³-hybridized carbons (Fsp3) is 0.706. The van der Waals surface area contributed by atoms with E-state index in [4.69, 9.17) is 4.74 Å². The molecule has 0 unspecified atom stereocenters. The Balaban J connectivity index is 2.33. The zero-order valence-electron chi connectivity index (χ0n) is 16.6. The second-order valence-electron chi connectivity index (χ2n) is 6.84. The minimum absolute atomic E-state index is 0.366. The van der Waals surface area contributed by atoms with E-state index < -0.39 is 23.6 Å². The zero-order valence-corrected chi connectivity index (χ0v) is 17.4. The lowest BCUT2D eigenvalue weighted by Crippen LogP contribution is -2.38. The maximum atomic E-state index is 12.6. The minimum atomic E-state index is -4.41. The Hall–Kier alpha value is -2.04. The van der Waals surface area contributed by atoms with Crippen LogP contribution in [0.25, 0.3) is 0 Å². The Morgan fingerprint density at radius 1 is 1.21 bits per heavy atom. The number of aliphatic imine (C=N–C) groups is 1. The molecule has 1 heterocycles. The molecule has 3 N–H and O–H groups in total. The fourth-order valence-electron chi connectivity index (χ4n) is 1.96. The minimum Gasteiger partial charge on any atom is -0.444 e. The molecule has 28 heavy (non-hydrogen) atoms. The second kappa shape index (κ2) is 11.1. The number of thiazole rings is 1. The molecule has 1 aromatic heterocycles. The van der Waals surface area contributed by atoms with Gasteiger partial charge >= 0.3 is 12.3 Å². The Kier molecular flexibility index (Phi) is 9.50. The third kappa shape index (κ3) is 10.3. The van der Waals surface area contributed by atoms with Crippen LogP contribution in [0.5, 0.6) is 0 Å². The number of amides is 1.